The van der Waals surface area contributed by atoms with Gasteiger partial charge in [0.1, 0.15) is 44.9 Å². The van der Waals surface area contributed by atoms with E-state index < -0.39 is 75.4 Å². The maximum Gasteiger partial charge on any atom is 0.330 e. The third-order valence-corrected chi connectivity index (χ3v) is 10.9. The van der Waals surface area contributed by atoms with E-state index in [1.807, 2.05) is 0 Å². The number of amides is 8. The van der Waals surface area contributed by atoms with Crippen LogP contribution in [0.25, 0.3) is 24.3 Å². The van der Waals surface area contributed by atoms with Crippen LogP contribution in [0.5, 0.6) is 0 Å². The van der Waals surface area contributed by atoms with Gasteiger partial charge in [-0.1, -0.05) is 121 Å². The molecule has 394 valence electrons. The maximum atomic E-state index is 14.3. The molecule has 0 saturated heterocycles. The quantitative estimate of drug-likeness (QED) is 0.0406. The van der Waals surface area contributed by atoms with Crippen molar-refractivity contribution >= 4 is 77.5 Å². The average Bonchev–Trinajstić information content (AvgIpc) is 3.35. The predicted molar refractivity (Wildman–Crippen MR) is 285 cm³/mol. The zero-order valence-electron chi connectivity index (χ0n) is 43.6. The lowest BCUT2D eigenvalue weighted by Gasteiger charge is -2.30. The minimum Gasteiger partial charge on any atom is -0.467 e. The predicted octanol–water partition coefficient (Wildman–Crippen LogP) is 3.59. The van der Waals surface area contributed by atoms with E-state index in [0.29, 0.717) is 22.3 Å². The van der Waals surface area contributed by atoms with E-state index in [2.05, 4.69) is 47.9 Å². The molecule has 0 saturated carbocycles. The van der Waals surface area contributed by atoms with Crippen LogP contribution in [0, 0.1) is 0 Å². The smallest absolute Gasteiger partial charge is 0.330 e. The fourth-order valence-corrected chi connectivity index (χ4v) is 6.57. The van der Waals surface area contributed by atoms with Crippen LogP contribution in [0.1, 0.15) is 77.6 Å². The van der Waals surface area contributed by atoms with Crippen molar-refractivity contribution in [2.45, 2.75) is 77.5 Å². The molecule has 4 aromatic rings. The molecule has 0 radical (unpaired) electrons. The molecule has 0 aliphatic carbocycles. The summed E-state index contributed by atoms with van der Waals surface area (Å²) in [6.45, 7) is 11.0. The van der Waals surface area contributed by atoms with Gasteiger partial charge in [-0.2, -0.15) is 0 Å². The Hall–Kier alpha value is -8.97. The van der Waals surface area contributed by atoms with Crippen molar-refractivity contribution in [2.24, 2.45) is 0 Å². The lowest BCUT2D eigenvalue weighted by molar-refractivity contribution is -0.149. The monoisotopic (exact) mass is 1020 g/mol. The van der Waals surface area contributed by atoms with Gasteiger partial charge in [0.05, 0.1) is 13.7 Å². The third-order valence-electron chi connectivity index (χ3n) is 10.9. The summed E-state index contributed by atoms with van der Waals surface area (Å²) in [6, 6.07) is 34.2. The second kappa shape index (κ2) is 26.1. The number of methoxy groups -OCH3 is 1. The molecule has 0 unspecified atom stereocenters. The zero-order chi connectivity index (χ0) is 55.6. The summed E-state index contributed by atoms with van der Waals surface area (Å²) >= 11 is 0. The molecule has 19 heteroatoms. The summed E-state index contributed by atoms with van der Waals surface area (Å²) < 4.78 is 4.82. The minimum absolute atomic E-state index is 0.103. The van der Waals surface area contributed by atoms with Crippen molar-refractivity contribution in [1.29, 1.82) is 0 Å². The number of likely N-dealkylation sites (N-methyl/N-ethyl adjacent to an activating group) is 1. The lowest BCUT2D eigenvalue weighted by Crippen LogP contribution is -2.60. The molecule has 0 aromatic heterocycles. The fraction of sp³-hybridized carbons (Fsp3) is 0.268. The van der Waals surface area contributed by atoms with Crippen LogP contribution < -0.4 is 47.9 Å². The van der Waals surface area contributed by atoms with Crippen molar-refractivity contribution in [3.05, 3.63) is 166 Å². The lowest BCUT2D eigenvalue weighted by atomic mass is 10.0. The summed E-state index contributed by atoms with van der Waals surface area (Å²) in [5.74, 6) is -7.38. The Bertz CT molecular complexity index is 2870. The Morgan fingerprint density at radius 3 is 0.867 bits per heavy atom. The fourth-order valence-electron chi connectivity index (χ4n) is 6.57. The van der Waals surface area contributed by atoms with E-state index in [1.165, 1.54) is 86.8 Å². The number of carbonyl (C=O) groups excluding carboxylic acids is 9. The summed E-state index contributed by atoms with van der Waals surface area (Å²) in [4.78, 5) is 123. The van der Waals surface area contributed by atoms with Crippen LogP contribution in [-0.2, 0) is 47.9 Å². The van der Waals surface area contributed by atoms with E-state index in [4.69, 9.17) is 4.74 Å². The topological polar surface area (TPSA) is 271 Å². The van der Waals surface area contributed by atoms with Crippen LogP contribution in [0.3, 0.4) is 0 Å². The molecule has 0 aliphatic heterocycles. The second-order valence-corrected chi connectivity index (χ2v) is 19.1. The van der Waals surface area contributed by atoms with E-state index in [1.54, 1.807) is 128 Å². The molecule has 0 spiro atoms. The van der Waals surface area contributed by atoms with Crippen molar-refractivity contribution < 1.29 is 47.9 Å². The number of nitrogens with one attached hydrogen (secondary N) is 9. The molecule has 8 amide bonds. The molecular formula is C56H65N9O10. The number of hydrogen-bond acceptors (Lipinski definition) is 11. The van der Waals surface area contributed by atoms with Crippen molar-refractivity contribution in [3.63, 3.8) is 0 Å². The van der Waals surface area contributed by atoms with Gasteiger partial charge in [-0.3, -0.25) is 38.4 Å². The van der Waals surface area contributed by atoms with E-state index in [0.717, 1.165) is 0 Å². The number of ether oxygens (including phenoxy) is 1. The van der Waals surface area contributed by atoms with Gasteiger partial charge in [-0.05, 0) is 109 Å². The van der Waals surface area contributed by atoms with E-state index >= 15 is 0 Å². The normalized spacial score (nSPS) is 12.5. The van der Waals surface area contributed by atoms with E-state index in [9.17, 15) is 43.2 Å². The van der Waals surface area contributed by atoms with Crippen LogP contribution in [-0.4, -0.2) is 96.1 Å². The van der Waals surface area contributed by atoms with Gasteiger partial charge >= 0.3 is 5.97 Å². The van der Waals surface area contributed by atoms with Gasteiger partial charge in [-0.25, -0.2) is 4.79 Å². The highest BCUT2D eigenvalue weighted by atomic mass is 16.5. The zero-order valence-corrected chi connectivity index (χ0v) is 43.6. The Morgan fingerprint density at radius 2 is 0.627 bits per heavy atom. The number of carbonyl (C=O) groups is 9. The maximum absolute atomic E-state index is 14.3. The van der Waals surface area contributed by atoms with Crippen LogP contribution in [0.4, 0.5) is 0 Å². The Balaban J connectivity index is 1.59. The molecule has 0 heterocycles. The molecule has 19 nitrogen and oxygen atoms in total. The summed E-state index contributed by atoms with van der Waals surface area (Å²) in [7, 11) is 2.73. The summed E-state index contributed by atoms with van der Waals surface area (Å²) in [6.07, 6.45) is 5.55. The molecular weight excluding hydrogens is 959 g/mol. The van der Waals surface area contributed by atoms with Gasteiger partial charge in [0.25, 0.3) is 23.6 Å². The van der Waals surface area contributed by atoms with Gasteiger partial charge in [0.2, 0.25) is 23.6 Å². The molecule has 75 heavy (non-hydrogen) atoms. The summed E-state index contributed by atoms with van der Waals surface area (Å²) in [5, 5.41) is 23.4. The standard InChI is InChI=1S/C56H65N9O10/c1-53(2,62-45(67)40(58-44(66)35-57-9)31-36-23-15-11-16-24-36)49(71)59-41(32-37-25-17-12-18-26-37)46(68)63-54(3,4)50(72)60-42(33-38-27-19-13-20-28-38)47(69)64-55(5,6)51(73)61-43(34-39-29-21-14-22-30-39)48(70)65-56(7,8)52(74)75-10/h11-34,57H,35H2,1-10H3,(H,58,66)(H,59,71)(H,60,72)(H,61,73)(H,62,67)(H,63,68)(H,64,69)(H,65,70)/b40-31-,41-32-,42-33-,43-34-. The first-order valence-electron chi connectivity index (χ1n) is 23.6. The van der Waals surface area contributed by atoms with Gasteiger partial charge in [-0.15, -0.1) is 0 Å². The molecule has 0 atom stereocenters. The van der Waals surface area contributed by atoms with Gasteiger partial charge in [0.15, 0.2) is 0 Å². The number of hydrogen-bond donors (Lipinski definition) is 9. The Kier molecular flexibility index (Phi) is 20.4. The van der Waals surface area contributed by atoms with Crippen LogP contribution >= 0.6 is 0 Å². The van der Waals surface area contributed by atoms with Crippen molar-refractivity contribution in [3.8, 4) is 0 Å². The largest absolute Gasteiger partial charge is 0.467 e. The van der Waals surface area contributed by atoms with Crippen LogP contribution in [0.2, 0.25) is 0 Å². The highest BCUT2D eigenvalue weighted by molar-refractivity contribution is 6.10. The first-order chi connectivity index (χ1) is 35.3. The Morgan fingerprint density at radius 1 is 0.387 bits per heavy atom. The third kappa shape index (κ3) is 17.9. The van der Waals surface area contributed by atoms with Crippen LogP contribution in [0.15, 0.2) is 144 Å². The van der Waals surface area contributed by atoms with Gasteiger partial charge < -0.3 is 52.6 Å². The average molecular weight is 1020 g/mol. The SMILES string of the molecule is CNCC(=O)N/C(=C\c1ccccc1)C(=O)NC(C)(C)C(=O)N/C(=C\c1ccccc1)C(=O)NC(C)(C)C(=O)N/C(=C\c1ccccc1)C(=O)NC(C)(C)C(=O)N/C(=C\c1ccccc1)C(=O)NC(C)(C)C(=O)OC. The number of benzene rings is 4. The minimum atomic E-state index is -1.82. The van der Waals surface area contributed by atoms with Crippen molar-refractivity contribution in [1.82, 2.24) is 47.9 Å². The first kappa shape index (κ1) is 58.6. The van der Waals surface area contributed by atoms with Gasteiger partial charge in [0, 0.05) is 0 Å². The molecule has 0 fully saturated rings. The van der Waals surface area contributed by atoms with E-state index in [-0.39, 0.29) is 29.3 Å². The highest BCUT2D eigenvalue weighted by Gasteiger charge is 2.38. The number of rotatable bonds is 22. The highest BCUT2D eigenvalue weighted by Crippen LogP contribution is 2.17. The Labute approximate surface area is 436 Å². The molecule has 4 rings (SSSR count). The molecule has 9 N–H and O–H groups in total. The van der Waals surface area contributed by atoms with Crippen molar-refractivity contribution in [2.75, 3.05) is 20.7 Å². The summed E-state index contributed by atoms with van der Waals surface area (Å²) in [5.41, 5.74) is -5.84. The first-order valence-corrected chi connectivity index (χ1v) is 23.6. The molecule has 0 aliphatic rings. The second-order valence-electron chi connectivity index (χ2n) is 19.1. The number of esters is 1. The molecule has 4 aromatic carbocycles. The molecule has 0 bridgehead atoms.